The highest BCUT2D eigenvalue weighted by Crippen LogP contribution is 2.32. The quantitative estimate of drug-likeness (QED) is 0.257. The summed E-state index contributed by atoms with van der Waals surface area (Å²) in [5.74, 6) is 1.45. The van der Waals surface area contributed by atoms with Crippen molar-refractivity contribution in [2.75, 3.05) is 6.61 Å². The van der Waals surface area contributed by atoms with E-state index in [9.17, 15) is 4.79 Å². The van der Waals surface area contributed by atoms with Crippen molar-refractivity contribution in [3.63, 3.8) is 0 Å². The highest BCUT2D eigenvalue weighted by atomic mass is 16.5. The van der Waals surface area contributed by atoms with E-state index in [0.29, 0.717) is 31.1 Å². The van der Waals surface area contributed by atoms with Gasteiger partial charge in [0.05, 0.1) is 17.7 Å². The average molecular weight is 537 g/mol. The molecule has 0 saturated carbocycles. The van der Waals surface area contributed by atoms with Crippen LogP contribution in [0, 0.1) is 6.92 Å². The molecule has 0 aliphatic carbocycles. The SMILES string of the molecule is CCOc1ccc(CN(Cc2ccccc2)[C@H](c2cc3cccc(C)c3[nH]c2=O)c2nnnn2C(C)(C)C)cc1. The van der Waals surface area contributed by atoms with Crippen molar-refractivity contribution < 1.29 is 4.74 Å². The summed E-state index contributed by atoms with van der Waals surface area (Å²) in [7, 11) is 0. The number of tetrazole rings is 1. The summed E-state index contributed by atoms with van der Waals surface area (Å²) in [4.78, 5) is 19.3. The van der Waals surface area contributed by atoms with Crippen LogP contribution in [0.2, 0.25) is 0 Å². The average Bonchev–Trinajstić information content (AvgIpc) is 3.42. The van der Waals surface area contributed by atoms with Crippen LogP contribution in [0.4, 0.5) is 0 Å². The van der Waals surface area contributed by atoms with E-state index in [4.69, 9.17) is 4.74 Å². The molecular formula is C32H36N6O2. The molecule has 2 heterocycles. The summed E-state index contributed by atoms with van der Waals surface area (Å²) in [5.41, 5.74) is 4.13. The van der Waals surface area contributed by atoms with Crippen LogP contribution in [-0.4, -0.2) is 36.7 Å². The number of fused-ring (bicyclic) bond motifs is 1. The monoisotopic (exact) mass is 536 g/mol. The fraction of sp³-hybridized carbons (Fsp3) is 0.312. The number of nitrogens with zero attached hydrogens (tertiary/aromatic N) is 5. The highest BCUT2D eigenvalue weighted by molar-refractivity contribution is 5.82. The van der Waals surface area contributed by atoms with Crippen molar-refractivity contribution in [2.24, 2.45) is 0 Å². The number of pyridine rings is 1. The van der Waals surface area contributed by atoms with Gasteiger partial charge in [-0.1, -0.05) is 60.7 Å². The summed E-state index contributed by atoms with van der Waals surface area (Å²) >= 11 is 0. The molecule has 5 rings (SSSR count). The van der Waals surface area contributed by atoms with Crippen molar-refractivity contribution >= 4 is 10.9 Å². The summed E-state index contributed by atoms with van der Waals surface area (Å²) in [6.07, 6.45) is 0. The van der Waals surface area contributed by atoms with Crippen LogP contribution in [0.15, 0.2) is 83.7 Å². The van der Waals surface area contributed by atoms with E-state index >= 15 is 0 Å². The van der Waals surface area contributed by atoms with E-state index in [1.165, 1.54) is 0 Å². The predicted molar refractivity (Wildman–Crippen MR) is 157 cm³/mol. The largest absolute Gasteiger partial charge is 0.494 e. The number of hydrogen-bond acceptors (Lipinski definition) is 6. The lowest BCUT2D eigenvalue weighted by Crippen LogP contribution is -2.37. The number of para-hydroxylation sites is 1. The smallest absolute Gasteiger partial charge is 0.253 e. The van der Waals surface area contributed by atoms with Crippen molar-refractivity contribution in [1.82, 2.24) is 30.1 Å². The molecule has 0 aliphatic heterocycles. The zero-order chi connectivity index (χ0) is 28.3. The standard InChI is InChI=1S/C32H36N6O2/c1-6-40-26-17-15-24(16-18-26)21-37(20-23-12-8-7-9-13-23)29(30-34-35-36-38(30)32(3,4)5)27-19-25-14-10-11-22(2)28(25)33-31(27)39/h7-19,29H,6,20-21H2,1-5H3,(H,33,39)/t29-/m1/s1. The number of rotatable bonds is 9. The molecule has 0 unspecified atom stereocenters. The first-order chi connectivity index (χ1) is 19.2. The Kier molecular flexibility index (Phi) is 7.80. The molecule has 3 aromatic carbocycles. The zero-order valence-electron chi connectivity index (χ0n) is 23.8. The topological polar surface area (TPSA) is 88.9 Å². The number of benzene rings is 3. The van der Waals surface area contributed by atoms with Crippen LogP contribution < -0.4 is 10.3 Å². The second-order valence-corrected chi connectivity index (χ2v) is 11.1. The molecule has 0 fully saturated rings. The van der Waals surface area contributed by atoms with Gasteiger partial charge in [0, 0.05) is 18.7 Å². The molecule has 0 saturated heterocycles. The molecule has 0 aliphatic rings. The minimum Gasteiger partial charge on any atom is -0.494 e. The molecular weight excluding hydrogens is 500 g/mol. The molecule has 8 heteroatoms. The fourth-order valence-electron chi connectivity index (χ4n) is 5.09. The zero-order valence-corrected chi connectivity index (χ0v) is 23.8. The third kappa shape index (κ3) is 5.82. The second kappa shape index (κ2) is 11.4. The molecule has 0 spiro atoms. The van der Waals surface area contributed by atoms with Gasteiger partial charge >= 0.3 is 0 Å². The molecule has 1 atom stereocenters. The lowest BCUT2D eigenvalue weighted by atomic mass is 9.99. The van der Waals surface area contributed by atoms with Gasteiger partial charge in [-0.25, -0.2) is 4.68 Å². The number of nitrogens with one attached hydrogen (secondary N) is 1. The first-order valence-electron chi connectivity index (χ1n) is 13.7. The summed E-state index contributed by atoms with van der Waals surface area (Å²) < 4.78 is 7.49. The van der Waals surface area contributed by atoms with E-state index < -0.39 is 11.6 Å². The van der Waals surface area contributed by atoms with Crippen LogP contribution in [0.3, 0.4) is 0 Å². The Morgan fingerprint density at radius 1 is 0.950 bits per heavy atom. The van der Waals surface area contributed by atoms with E-state index in [-0.39, 0.29) is 5.56 Å². The predicted octanol–water partition coefficient (Wildman–Crippen LogP) is 5.77. The van der Waals surface area contributed by atoms with Gasteiger partial charge in [-0.2, -0.15) is 0 Å². The molecule has 206 valence electrons. The first kappa shape index (κ1) is 27.3. The van der Waals surface area contributed by atoms with Gasteiger partial charge in [0.25, 0.3) is 5.56 Å². The number of H-pyrrole nitrogens is 1. The van der Waals surface area contributed by atoms with Gasteiger partial charge in [0.2, 0.25) is 0 Å². The van der Waals surface area contributed by atoms with Gasteiger partial charge in [-0.3, -0.25) is 9.69 Å². The fourth-order valence-corrected chi connectivity index (χ4v) is 5.09. The summed E-state index contributed by atoms with van der Waals surface area (Å²) in [6, 6.07) is 25.9. The van der Waals surface area contributed by atoms with Crippen LogP contribution >= 0.6 is 0 Å². The maximum Gasteiger partial charge on any atom is 0.253 e. The summed E-state index contributed by atoms with van der Waals surface area (Å²) in [6.45, 7) is 11.9. The van der Waals surface area contributed by atoms with Crippen LogP contribution in [-0.2, 0) is 18.6 Å². The van der Waals surface area contributed by atoms with E-state index in [2.05, 4.69) is 70.4 Å². The van der Waals surface area contributed by atoms with Gasteiger partial charge in [0.1, 0.15) is 11.8 Å². The number of hydrogen-bond donors (Lipinski definition) is 1. The van der Waals surface area contributed by atoms with Gasteiger partial charge in [-0.15, -0.1) is 5.10 Å². The summed E-state index contributed by atoms with van der Waals surface area (Å²) in [5, 5.41) is 13.9. The molecule has 40 heavy (non-hydrogen) atoms. The molecule has 0 radical (unpaired) electrons. The maximum atomic E-state index is 13.8. The number of aromatic nitrogens is 5. The minimum absolute atomic E-state index is 0.153. The molecule has 1 N–H and O–H groups in total. The van der Waals surface area contributed by atoms with Crippen LogP contribution in [0.25, 0.3) is 10.9 Å². The number of aromatic amines is 1. The molecule has 8 nitrogen and oxygen atoms in total. The normalized spacial score (nSPS) is 12.7. The lowest BCUT2D eigenvalue weighted by molar-refractivity contribution is 0.184. The Labute approximate surface area is 234 Å². The Morgan fingerprint density at radius 2 is 1.65 bits per heavy atom. The number of ether oxygens (including phenoxy) is 1. The van der Waals surface area contributed by atoms with Gasteiger partial charge < -0.3 is 9.72 Å². The lowest BCUT2D eigenvalue weighted by Gasteiger charge is -2.33. The van der Waals surface area contributed by atoms with Gasteiger partial charge in [0.15, 0.2) is 5.82 Å². The maximum absolute atomic E-state index is 13.8. The van der Waals surface area contributed by atoms with E-state index in [0.717, 1.165) is 33.3 Å². The van der Waals surface area contributed by atoms with Crippen LogP contribution in [0.1, 0.15) is 61.8 Å². The Hall–Kier alpha value is -4.30. The van der Waals surface area contributed by atoms with Crippen molar-refractivity contribution in [3.05, 3.63) is 117 Å². The first-order valence-corrected chi connectivity index (χ1v) is 13.7. The van der Waals surface area contributed by atoms with Gasteiger partial charge in [-0.05, 0) is 85.3 Å². The Bertz CT molecular complexity index is 1630. The molecule has 2 aromatic heterocycles. The highest BCUT2D eigenvalue weighted by Gasteiger charge is 2.33. The van der Waals surface area contributed by atoms with Crippen molar-refractivity contribution in [1.29, 1.82) is 0 Å². The Morgan fingerprint density at radius 3 is 2.33 bits per heavy atom. The third-order valence-electron chi connectivity index (χ3n) is 7.00. The molecule has 0 bridgehead atoms. The second-order valence-electron chi connectivity index (χ2n) is 11.1. The van der Waals surface area contributed by atoms with Crippen molar-refractivity contribution in [3.8, 4) is 5.75 Å². The van der Waals surface area contributed by atoms with Crippen molar-refractivity contribution in [2.45, 2.75) is 59.3 Å². The molecule has 5 aromatic rings. The molecule has 0 amide bonds. The number of aryl methyl sites for hydroxylation is 1. The third-order valence-corrected chi connectivity index (χ3v) is 7.00. The Balaban J connectivity index is 1.70. The van der Waals surface area contributed by atoms with Crippen LogP contribution in [0.5, 0.6) is 5.75 Å². The minimum atomic E-state index is -0.519. The van der Waals surface area contributed by atoms with E-state index in [1.54, 1.807) is 0 Å². The van der Waals surface area contributed by atoms with E-state index in [1.807, 2.05) is 73.1 Å².